The molecule has 32 heavy (non-hydrogen) atoms. The van der Waals surface area contributed by atoms with Crippen molar-refractivity contribution in [2.45, 2.75) is 25.2 Å². The number of hydrogen-bond donors (Lipinski definition) is 2. The molecule has 0 spiro atoms. The monoisotopic (exact) mass is 437 g/mol. The first-order valence-corrected chi connectivity index (χ1v) is 10.7. The lowest BCUT2D eigenvalue weighted by Crippen LogP contribution is -2.33. The zero-order chi connectivity index (χ0) is 22.2. The molecule has 0 saturated heterocycles. The Labute approximate surface area is 186 Å². The van der Waals surface area contributed by atoms with Gasteiger partial charge in [-0.25, -0.2) is 0 Å². The summed E-state index contributed by atoms with van der Waals surface area (Å²) >= 11 is 0. The molecule has 1 aromatic heterocycles. The van der Waals surface area contributed by atoms with Crippen LogP contribution < -0.4 is 5.32 Å². The number of aliphatic hydroxyl groups is 1. The lowest BCUT2D eigenvalue weighted by Gasteiger charge is -2.29. The SMILES string of the molecule is O=C(NCc1ccccc1)C1=C[C@@H](c2coc3ccccc23)C[C@@H](OCCOCCO)O1. The van der Waals surface area contributed by atoms with Crippen LogP contribution in [0.3, 0.4) is 0 Å². The van der Waals surface area contributed by atoms with Crippen LogP contribution in [-0.2, 0) is 25.5 Å². The highest BCUT2D eigenvalue weighted by Crippen LogP contribution is 2.36. The molecule has 7 nitrogen and oxygen atoms in total. The second kappa shape index (κ2) is 10.9. The molecule has 168 valence electrons. The second-order valence-electron chi connectivity index (χ2n) is 7.48. The van der Waals surface area contributed by atoms with E-state index in [2.05, 4.69) is 5.32 Å². The molecule has 0 radical (unpaired) electrons. The van der Waals surface area contributed by atoms with Gasteiger partial charge in [-0.2, -0.15) is 0 Å². The van der Waals surface area contributed by atoms with Crippen molar-refractivity contribution < 1.29 is 28.5 Å². The molecular formula is C25H27NO6. The number of fused-ring (bicyclic) bond motifs is 1. The highest BCUT2D eigenvalue weighted by molar-refractivity contribution is 5.92. The van der Waals surface area contributed by atoms with Crippen molar-refractivity contribution in [3.63, 3.8) is 0 Å². The van der Waals surface area contributed by atoms with Gasteiger partial charge in [0.15, 0.2) is 5.76 Å². The highest BCUT2D eigenvalue weighted by Gasteiger charge is 2.30. The number of carbonyl (C=O) groups is 1. The summed E-state index contributed by atoms with van der Waals surface area (Å²) in [5.41, 5.74) is 2.79. The summed E-state index contributed by atoms with van der Waals surface area (Å²) in [5, 5.41) is 12.7. The molecule has 3 aromatic rings. The van der Waals surface area contributed by atoms with E-state index in [1.807, 2.05) is 60.7 Å². The van der Waals surface area contributed by atoms with Crippen LogP contribution in [0.2, 0.25) is 0 Å². The summed E-state index contributed by atoms with van der Waals surface area (Å²) in [6.07, 6.45) is 3.51. The fourth-order valence-electron chi connectivity index (χ4n) is 3.69. The predicted molar refractivity (Wildman–Crippen MR) is 119 cm³/mol. The lowest BCUT2D eigenvalue weighted by atomic mass is 9.92. The summed E-state index contributed by atoms with van der Waals surface area (Å²) < 4.78 is 22.7. The first-order valence-electron chi connectivity index (χ1n) is 10.7. The maximum atomic E-state index is 12.9. The smallest absolute Gasteiger partial charge is 0.286 e. The van der Waals surface area contributed by atoms with E-state index in [4.69, 9.17) is 23.7 Å². The van der Waals surface area contributed by atoms with E-state index in [9.17, 15) is 4.79 Å². The molecule has 1 aliphatic heterocycles. The van der Waals surface area contributed by atoms with Gasteiger partial charge in [-0.3, -0.25) is 4.79 Å². The highest BCUT2D eigenvalue weighted by atomic mass is 16.7. The fourth-order valence-corrected chi connectivity index (χ4v) is 3.69. The lowest BCUT2D eigenvalue weighted by molar-refractivity contribution is -0.151. The molecule has 0 aliphatic carbocycles. The van der Waals surface area contributed by atoms with Crippen LogP contribution in [0.5, 0.6) is 0 Å². The van der Waals surface area contributed by atoms with Crippen LogP contribution in [0.15, 0.2) is 77.1 Å². The Morgan fingerprint density at radius 1 is 1.06 bits per heavy atom. The molecule has 0 saturated carbocycles. The van der Waals surface area contributed by atoms with Gasteiger partial charge in [-0.1, -0.05) is 48.5 Å². The topological polar surface area (TPSA) is 90.2 Å². The van der Waals surface area contributed by atoms with Crippen molar-refractivity contribution in [2.75, 3.05) is 26.4 Å². The molecule has 2 N–H and O–H groups in total. The fraction of sp³-hybridized carbons (Fsp3) is 0.320. The average molecular weight is 437 g/mol. The molecule has 1 aliphatic rings. The molecule has 0 fully saturated rings. The molecule has 2 aromatic carbocycles. The minimum atomic E-state index is -0.603. The predicted octanol–water partition coefficient (Wildman–Crippen LogP) is 3.49. The van der Waals surface area contributed by atoms with E-state index < -0.39 is 6.29 Å². The van der Waals surface area contributed by atoms with Gasteiger partial charge in [0.05, 0.1) is 32.7 Å². The van der Waals surface area contributed by atoms with Crippen molar-refractivity contribution in [3.8, 4) is 0 Å². The zero-order valence-electron chi connectivity index (χ0n) is 17.7. The Kier molecular flexibility index (Phi) is 7.55. The van der Waals surface area contributed by atoms with Gasteiger partial charge >= 0.3 is 0 Å². The van der Waals surface area contributed by atoms with Crippen molar-refractivity contribution in [1.29, 1.82) is 0 Å². The van der Waals surface area contributed by atoms with Gasteiger partial charge in [0.1, 0.15) is 5.58 Å². The number of allylic oxidation sites excluding steroid dienone is 1. The number of ether oxygens (including phenoxy) is 3. The summed E-state index contributed by atoms with van der Waals surface area (Å²) in [7, 11) is 0. The largest absolute Gasteiger partial charge is 0.464 e. The quantitative estimate of drug-likeness (QED) is 0.472. The van der Waals surface area contributed by atoms with Gasteiger partial charge in [0, 0.05) is 29.8 Å². The maximum Gasteiger partial charge on any atom is 0.286 e. The molecule has 2 atom stereocenters. The summed E-state index contributed by atoms with van der Waals surface area (Å²) in [5.74, 6) is -0.173. The first kappa shape index (κ1) is 22.1. The molecular weight excluding hydrogens is 410 g/mol. The second-order valence-corrected chi connectivity index (χ2v) is 7.48. The van der Waals surface area contributed by atoms with Crippen LogP contribution in [0.4, 0.5) is 0 Å². The Bertz CT molecular complexity index is 1040. The Morgan fingerprint density at radius 3 is 2.72 bits per heavy atom. The van der Waals surface area contributed by atoms with Crippen LogP contribution in [0.25, 0.3) is 11.0 Å². The number of carbonyl (C=O) groups excluding carboxylic acids is 1. The minimum Gasteiger partial charge on any atom is -0.464 e. The summed E-state index contributed by atoms with van der Waals surface area (Å²) in [4.78, 5) is 12.9. The summed E-state index contributed by atoms with van der Waals surface area (Å²) in [6.45, 7) is 1.25. The van der Waals surface area contributed by atoms with E-state index >= 15 is 0 Å². The van der Waals surface area contributed by atoms with Gasteiger partial charge in [0.25, 0.3) is 5.91 Å². The first-order chi connectivity index (χ1) is 15.7. The van der Waals surface area contributed by atoms with Crippen molar-refractivity contribution in [2.24, 2.45) is 0 Å². The Hall–Kier alpha value is -3.13. The molecule has 1 amide bonds. The average Bonchev–Trinajstić information content (AvgIpc) is 3.27. The van der Waals surface area contributed by atoms with Crippen LogP contribution >= 0.6 is 0 Å². The number of amides is 1. The summed E-state index contributed by atoms with van der Waals surface area (Å²) in [6, 6.07) is 17.5. The molecule has 0 unspecified atom stereocenters. The zero-order valence-corrected chi connectivity index (χ0v) is 17.7. The van der Waals surface area contributed by atoms with Crippen LogP contribution in [0, 0.1) is 0 Å². The van der Waals surface area contributed by atoms with Crippen molar-refractivity contribution >= 4 is 16.9 Å². The van der Waals surface area contributed by atoms with E-state index in [0.29, 0.717) is 26.2 Å². The van der Waals surface area contributed by atoms with Gasteiger partial charge in [-0.05, 0) is 17.7 Å². The number of para-hydroxylation sites is 1. The number of rotatable bonds is 10. The third-order valence-corrected chi connectivity index (χ3v) is 5.25. The third kappa shape index (κ3) is 5.56. The number of benzene rings is 2. The van der Waals surface area contributed by atoms with Crippen LogP contribution in [0.1, 0.15) is 23.5 Å². The van der Waals surface area contributed by atoms with Gasteiger partial charge in [-0.15, -0.1) is 0 Å². The third-order valence-electron chi connectivity index (χ3n) is 5.25. The molecule has 0 bridgehead atoms. The Morgan fingerprint density at radius 2 is 1.88 bits per heavy atom. The molecule has 4 rings (SSSR count). The van der Waals surface area contributed by atoms with E-state index in [-0.39, 0.29) is 30.8 Å². The van der Waals surface area contributed by atoms with E-state index in [1.165, 1.54) is 0 Å². The molecule has 2 heterocycles. The van der Waals surface area contributed by atoms with E-state index in [1.54, 1.807) is 6.26 Å². The van der Waals surface area contributed by atoms with Crippen molar-refractivity contribution in [3.05, 3.63) is 83.8 Å². The Balaban J connectivity index is 1.49. The number of nitrogens with one attached hydrogen (secondary N) is 1. The molecule has 7 heteroatoms. The van der Waals surface area contributed by atoms with Crippen molar-refractivity contribution in [1.82, 2.24) is 5.32 Å². The number of aliphatic hydroxyl groups excluding tert-OH is 1. The van der Waals surface area contributed by atoms with Gasteiger partial charge in [0.2, 0.25) is 6.29 Å². The maximum absolute atomic E-state index is 12.9. The number of hydrogen-bond acceptors (Lipinski definition) is 6. The standard InChI is InChI=1S/C25H27NO6/c27-10-11-29-12-13-30-24-15-19(21-17-31-22-9-5-4-8-20(21)22)14-23(32-24)25(28)26-16-18-6-2-1-3-7-18/h1-9,14,17,19,24,27H,10-13,15-16H2,(H,26,28)/t19-,24+/m1/s1. The normalized spacial score (nSPS) is 18.2. The van der Waals surface area contributed by atoms with Crippen LogP contribution in [-0.4, -0.2) is 43.7 Å². The minimum absolute atomic E-state index is 0.0377. The van der Waals surface area contributed by atoms with E-state index in [0.717, 1.165) is 22.1 Å². The van der Waals surface area contributed by atoms with Gasteiger partial charge < -0.3 is 29.1 Å². The number of furan rings is 1.